The minimum absolute atomic E-state index is 0.0701. The number of ether oxygens (including phenoxy) is 2. The molecule has 116 valence electrons. The van der Waals surface area contributed by atoms with Gasteiger partial charge in [0.1, 0.15) is 13.2 Å². The van der Waals surface area contributed by atoms with Crippen LogP contribution in [0.2, 0.25) is 0 Å². The van der Waals surface area contributed by atoms with Gasteiger partial charge in [-0.2, -0.15) is 0 Å². The molecular formula is C15H22N2O3S. The molecule has 0 aliphatic carbocycles. The van der Waals surface area contributed by atoms with Gasteiger partial charge in [-0.15, -0.1) is 11.8 Å². The predicted molar refractivity (Wildman–Crippen MR) is 84.0 cm³/mol. The Morgan fingerprint density at radius 1 is 1.38 bits per heavy atom. The molecular weight excluding hydrogens is 288 g/mol. The summed E-state index contributed by atoms with van der Waals surface area (Å²) < 4.78 is 11.0. The van der Waals surface area contributed by atoms with Crippen molar-refractivity contribution >= 4 is 17.7 Å². The van der Waals surface area contributed by atoms with Crippen LogP contribution >= 0.6 is 11.8 Å². The molecule has 6 heteroatoms. The third kappa shape index (κ3) is 5.47. The standard InChI is InChI=1S/C15H22N2O3S/c1-11(16)4-6-17-15(18)5-9-21-12-2-3-13-14(10-12)20-8-7-19-13/h2-3,10-11H,4-9,16H2,1H3,(H,17,18). The summed E-state index contributed by atoms with van der Waals surface area (Å²) in [6.07, 6.45) is 1.30. The molecule has 1 atom stereocenters. The molecule has 0 radical (unpaired) electrons. The van der Waals surface area contributed by atoms with E-state index < -0.39 is 0 Å². The third-order valence-electron chi connectivity index (χ3n) is 3.03. The van der Waals surface area contributed by atoms with Gasteiger partial charge in [0.25, 0.3) is 0 Å². The summed E-state index contributed by atoms with van der Waals surface area (Å²) in [5, 5.41) is 2.87. The molecule has 1 aliphatic rings. The number of rotatable bonds is 7. The van der Waals surface area contributed by atoms with Crippen LogP contribution in [0.5, 0.6) is 11.5 Å². The molecule has 0 aromatic heterocycles. The molecule has 0 spiro atoms. The van der Waals surface area contributed by atoms with E-state index in [-0.39, 0.29) is 11.9 Å². The molecule has 3 N–H and O–H groups in total. The number of thioether (sulfide) groups is 1. The fourth-order valence-corrected chi connectivity index (χ4v) is 2.78. The second-order valence-electron chi connectivity index (χ2n) is 5.02. The summed E-state index contributed by atoms with van der Waals surface area (Å²) in [5.41, 5.74) is 5.63. The van der Waals surface area contributed by atoms with Crippen LogP contribution in [0.15, 0.2) is 23.1 Å². The average molecular weight is 310 g/mol. The first kappa shape index (κ1) is 16.0. The average Bonchev–Trinajstić information content (AvgIpc) is 2.47. The fourth-order valence-electron chi connectivity index (χ4n) is 1.90. The van der Waals surface area contributed by atoms with Gasteiger partial charge in [0, 0.05) is 29.7 Å². The third-order valence-corrected chi connectivity index (χ3v) is 4.03. The SMILES string of the molecule is CC(N)CCNC(=O)CCSc1ccc2c(c1)OCCO2. The van der Waals surface area contributed by atoms with Gasteiger partial charge >= 0.3 is 0 Å². The molecule has 1 aromatic carbocycles. The van der Waals surface area contributed by atoms with Crippen molar-refractivity contribution in [2.45, 2.75) is 30.7 Å². The zero-order chi connectivity index (χ0) is 15.1. The largest absolute Gasteiger partial charge is 0.486 e. The van der Waals surface area contributed by atoms with Gasteiger partial charge in [0.05, 0.1) is 0 Å². The van der Waals surface area contributed by atoms with Crippen molar-refractivity contribution in [3.63, 3.8) is 0 Å². The number of carbonyl (C=O) groups is 1. The summed E-state index contributed by atoms with van der Waals surface area (Å²) >= 11 is 1.64. The highest BCUT2D eigenvalue weighted by Gasteiger charge is 2.12. The Balaban J connectivity index is 1.70. The molecule has 5 nitrogen and oxygen atoms in total. The molecule has 1 aliphatic heterocycles. The van der Waals surface area contributed by atoms with E-state index in [0.717, 1.165) is 28.6 Å². The van der Waals surface area contributed by atoms with Crippen LogP contribution < -0.4 is 20.5 Å². The number of hydrogen-bond acceptors (Lipinski definition) is 5. The van der Waals surface area contributed by atoms with E-state index in [4.69, 9.17) is 15.2 Å². The molecule has 1 heterocycles. The summed E-state index contributed by atoms with van der Waals surface area (Å²) in [5.74, 6) is 2.39. The number of fused-ring (bicyclic) bond motifs is 1. The predicted octanol–water partition coefficient (Wildman–Crippen LogP) is 1.79. The van der Waals surface area contributed by atoms with Gasteiger partial charge < -0.3 is 20.5 Å². The van der Waals surface area contributed by atoms with E-state index in [0.29, 0.717) is 26.2 Å². The van der Waals surface area contributed by atoms with E-state index in [9.17, 15) is 4.79 Å². The summed E-state index contributed by atoms with van der Waals surface area (Å²) in [6.45, 7) is 3.76. The van der Waals surface area contributed by atoms with Crippen molar-refractivity contribution in [2.24, 2.45) is 5.73 Å². The number of hydrogen-bond donors (Lipinski definition) is 2. The van der Waals surface area contributed by atoms with Gasteiger partial charge in [-0.05, 0) is 31.5 Å². The first-order valence-corrected chi connectivity index (χ1v) is 8.18. The lowest BCUT2D eigenvalue weighted by Crippen LogP contribution is -2.29. The van der Waals surface area contributed by atoms with Crippen LogP contribution in [0, 0.1) is 0 Å². The zero-order valence-corrected chi connectivity index (χ0v) is 13.1. The second-order valence-corrected chi connectivity index (χ2v) is 6.19. The lowest BCUT2D eigenvalue weighted by molar-refractivity contribution is -0.120. The van der Waals surface area contributed by atoms with E-state index in [2.05, 4.69) is 5.32 Å². The van der Waals surface area contributed by atoms with Gasteiger partial charge in [-0.1, -0.05) is 0 Å². The van der Waals surface area contributed by atoms with Gasteiger partial charge in [0.15, 0.2) is 11.5 Å². The van der Waals surface area contributed by atoms with Crippen LogP contribution in [0.1, 0.15) is 19.8 Å². The van der Waals surface area contributed by atoms with Crippen LogP contribution in [-0.2, 0) is 4.79 Å². The quantitative estimate of drug-likeness (QED) is 0.751. The first-order chi connectivity index (χ1) is 10.1. The summed E-state index contributed by atoms with van der Waals surface area (Å²) in [7, 11) is 0. The highest BCUT2D eigenvalue weighted by molar-refractivity contribution is 7.99. The number of carbonyl (C=O) groups excluding carboxylic acids is 1. The Morgan fingerprint density at radius 2 is 2.14 bits per heavy atom. The molecule has 0 saturated heterocycles. The lowest BCUT2D eigenvalue weighted by Gasteiger charge is -2.18. The fraction of sp³-hybridized carbons (Fsp3) is 0.533. The van der Waals surface area contributed by atoms with Crippen LogP contribution in [0.25, 0.3) is 0 Å². The maximum atomic E-state index is 11.6. The highest BCUT2D eigenvalue weighted by atomic mass is 32.2. The molecule has 21 heavy (non-hydrogen) atoms. The van der Waals surface area contributed by atoms with E-state index in [1.807, 2.05) is 25.1 Å². The number of nitrogens with two attached hydrogens (primary N) is 1. The zero-order valence-electron chi connectivity index (χ0n) is 12.3. The summed E-state index contributed by atoms with van der Waals surface area (Å²) in [4.78, 5) is 12.7. The molecule has 2 rings (SSSR count). The molecule has 1 aromatic rings. The van der Waals surface area contributed by atoms with Crippen molar-refractivity contribution in [3.05, 3.63) is 18.2 Å². The van der Waals surface area contributed by atoms with Crippen molar-refractivity contribution in [1.29, 1.82) is 0 Å². The smallest absolute Gasteiger partial charge is 0.220 e. The Hall–Kier alpha value is -1.40. The Labute approximate surface area is 129 Å². The number of nitrogens with one attached hydrogen (secondary N) is 1. The van der Waals surface area contributed by atoms with Crippen molar-refractivity contribution in [2.75, 3.05) is 25.5 Å². The van der Waals surface area contributed by atoms with Crippen molar-refractivity contribution < 1.29 is 14.3 Å². The van der Waals surface area contributed by atoms with Crippen LogP contribution in [0.3, 0.4) is 0 Å². The Bertz CT molecular complexity index is 480. The normalized spacial score (nSPS) is 14.6. The van der Waals surface area contributed by atoms with Crippen LogP contribution in [-0.4, -0.2) is 37.5 Å². The second kappa shape index (κ2) is 8.14. The molecule has 0 saturated carbocycles. The van der Waals surface area contributed by atoms with Gasteiger partial charge in [-0.25, -0.2) is 0 Å². The molecule has 1 amide bonds. The monoisotopic (exact) mass is 310 g/mol. The van der Waals surface area contributed by atoms with Gasteiger partial charge in [0.2, 0.25) is 5.91 Å². The van der Waals surface area contributed by atoms with Crippen LogP contribution in [0.4, 0.5) is 0 Å². The first-order valence-electron chi connectivity index (χ1n) is 7.20. The lowest BCUT2D eigenvalue weighted by atomic mass is 10.2. The molecule has 1 unspecified atom stereocenters. The summed E-state index contributed by atoms with van der Waals surface area (Å²) in [6, 6.07) is 6.00. The Morgan fingerprint density at radius 3 is 2.90 bits per heavy atom. The molecule has 0 fully saturated rings. The maximum Gasteiger partial charge on any atom is 0.220 e. The van der Waals surface area contributed by atoms with Crippen molar-refractivity contribution in [3.8, 4) is 11.5 Å². The highest BCUT2D eigenvalue weighted by Crippen LogP contribution is 2.34. The minimum Gasteiger partial charge on any atom is -0.486 e. The van der Waals surface area contributed by atoms with E-state index in [1.165, 1.54) is 0 Å². The Kier molecular flexibility index (Phi) is 6.20. The van der Waals surface area contributed by atoms with E-state index >= 15 is 0 Å². The molecule has 0 bridgehead atoms. The minimum atomic E-state index is 0.0701. The number of amides is 1. The van der Waals surface area contributed by atoms with Gasteiger partial charge in [-0.3, -0.25) is 4.79 Å². The van der Waals surface area contributed by atoms with Crippen molar-refractivity contribution in [1.82, 2.24) is 5.32 Å². The topological polar surface area (TPSA) is 73.6 Å². The maximum absolute atomic E-state index is 11.6. The number of benzene rings is 1. The van der Waals surface area contributed by atoms with E-state index in [1.54, 1.807) is 11.8 Å².